The normalized spacial score (nSPS) is 10.8. The number of alkyl halides is 2. The molecule has 0 radical (unpaired) electrons. The average molecular weight is 305 g/mol. The Hall–Kier alpha value is -0.170. The lowest BCUT2D eigenvalue weighted by molar-refractivity contribution is 0.146. The predicted octanol–water partition coefficient (Wildman–Crippen LogP) is 2.57. The maximum atomic E-state index is 12.1. The van der Waals surface area contributed by atoms with Crippen LogP contribution < -0.4 is 5.43 Å². The van der Waals surface area contributed by atoms with Gasteiger partial charge in [0.1, 0.15) is 10.7 Å². The topological polar surface area (TPSA) is 32.9 Å². The molecule has 0 aliphatic rings. The molecule has 1 N–H and O–H groups in total. The highest BCUT2D eigenvalue weighted by atomic mass is 127. The van der Waals surface area contributed by atoms with E-state index in [1.165, 1.54) is 6.20 Å². The van der Waals surface area contributed by atoms with Crippen molar-refractivity contribution in [3.63, 3.8) is 0 Å². The van der Waals surface area contributed by atoms with Crippen LogP contribution in [0.3, 0.4) is 0 Å². The Labute approximate surface area is 85.1 Å². The maximum Gasteiger partial charge on any atom is 0.279 e. The first-order valence-electron chi connectivity index (χ1n) is 2.88. The van der Waals surface area contributed by atoms with Gasteiger partial charge in [-0.05, 0) is 22.6 Å². The standard InChI is InChI=1S/C6H3ClF2INO/c7-3-4(6(8)9)11-1-2(10)5(3)12/h1,6H,(H,11,12). The summed E-state index contributed by atoms with van der Waals surface area (Å²) in [6.07, 6.45) is -1.54. The molecular weight excluding hydrogens is 302 g/mol. The Balaban J connectivity index is 3.37. The molecule has 0 atom stereocenters. The van der Waals surface area contributed by atoms with Crippen LogP contribution in [0.5, 0.6) is 0 Å². The van der Waals surface area contributed by atoms with Gasteiger partial charge in [0.2, 0.25) is 5.43 Å². The van der Waals surface area contributed by atoms with Crippen molar-refractivity contribution < 1.29 is 8.78 Å². The van der Waals surface area contributed by atoms with Crippen LogP contribution in [0.2, 0.25) is 5.02 Å². The molecule has 2 nitrogen and oxygen atoms in total. The third-order valence-electron chi connectivity index (χ3n) is 1.23. The number of halogens is 4. The third kappa shape index (κ3) is 1.77. The van der Waals surface area contributed by atoms with E-state index in [0.717, 1.165) is 0 Å². The molecule has 0 fully saturated rings. The highest BCUT2D eigenvalue weighted by Gasteiger charge is 2.15. The Morgan fingerprint density at radius 2 is 2.17 bits per heavy atom. The number of aromatic nitrogens is 1. The molecule has 0 saturated carbocycles. The Kier molecular flexibility index (Phi) is 3.05. The Morgan fingerprint density at radius 1 is 1.58 bits per heavy atom. The smallest absolute Gasteiger partial charge is 0.279 e. The summed E-state index contributed by atoms with van der Waals surface area (Å²) in [5, 5.41) is -0.433. The van der Waals surface area contributed by atoms with Gasteiger partial charge in [0.05, 0.1) is 3.57 Å². The average Bonchev–Trinajstić information content (AvgIpc) is 2.00. The second-order valence-corrected chi connectivity index (χ2v) is 3.53. The predicted molar refractivity (Wildman–Crippen MR) is 49.7 cm³/mol. The molecule has 0 spiro atoms. The van der Waals surface area contributed by atoms with Gasteiger partial charge >= 0.3 is 0 Å². The molecule has 12 heavy (non-hydrogen) atoms. The minimum atomic E-state index is -2.75. The van der Waals surface area contributed by atoms with E-state index in [1.807, 2.05) is 0 Å². The van der Waals surface area contributed by atoms with E-state index in [9.17, 15) is 13.6 Å². The molecule has 1 aromatic rings. The van der Waals surface area contributed by atoms with E-state index < -0.39 is 22.6 Å². The second-order valence-electron chi connectivity index (χ2n) is 1.99. The highest BCUT2D eigenvalue weighted by molar-refractivity contribution is 14.1. The van der Waals surface area contributed by atoms with Gasteiger partial charge in [0.15, 0.2) is 0 Å². The van der Waals surface area contributed by atoms with Gasteiger partial charge in [0.25, 0.3) is 6.43 Å². The van der Waals surface area contributed by atoms with E-state index >= 15 is 0 Å². The molecule has 0 saturated heterocycles. The van der Waals surface area contributed by atoms with Gasteiger partial charge in [-0.1, -0.05) is 11.6 Å². The Bertz CT molecular complexity index is 352. The van der Waals surface area contributed by atoms with Crippen LogP contribution in [0, 0.1) is 3.57 Å². The SMILES string of the molecule is O=c1c(I)c[nH]c(C(F)F)c1Cl. The minimum absolute atomic E-state index is 0.294. The van der Waals surface area contributed by atoms with Crippen LogP contribution >= 0.6 is 34.2 Å². The molecule has 0 aliphatic carbocycles. The number of hydrogen-bond donors (Lipinski definition) is 1. The van der Waals surface area contributed by atoms with Crippen molar-refractivity contribution in [2.24, 2.45) is 0 Å². The molecule has 0 amide bonds. The summed E-state index contributed by atoms with van der Waals surface area (Å²) in [5.41, 5.74) is -1.09. The van der Waals surface area contributed by atoms with Crippen LogP contribution in [-0.2, 0) is 0 Å². The van der Waals surface area contributed by atoms with Gasteiger partial charge < -0.3 is 4.98 Å². The molecular formula is C6H3ClF2INO. The fraction of sp³-hybridized carbons (Fsp3) is 0.167. The van der Waals surface area contributed by atoms with Crippen LogP contribution in [-0.4, -0.2) is 4.98 Å². The molecule has 1 rings (SSSR count). The van der Waals surface area contributed by atoms with Gasteiger partial charge in [-0.25, -0.2) is 8.78 Å². The first-order valence-corrected chi connectivity index (χ1v) is 4.34. The number of H-pyrrole nitrogens is 1. The van der Waals surface area contributed by atoms with Crippen molar-refractivity contribution in [3.8, 4) is 0 Å². The van der Waals surface area contributed by atoms with E-state index in [2.05, 4.69) is 4.98 Å². The fourth-order valence-corrected chi connectivity index (χ4v) is 1.48. The number of hydrogen-bond acceptors (Lipinski definition) is 1. The first-order chi connectivity index (χ1) is 5.54. The highest BCUT2D eigenvalue weighted by Crippen LogP contribution is 2.22. The summed E-state index contributed by atoms with van der Waals surface area (Å²) >= 11 is 7.08. The minimum Gasteiger partial charge on any atom is -0.358 e. The number of aromatic amines is 1. The maximum absolute atomic E-state index is 12.1. The zero-order valence-corrected chi connectivity index (χ0v) is 8.49. The summed E-state index contributed by atoms with van der Waals surface area (Å²) in [6, 6.07) is 0. The molecule has 0 aromatic carbocycles. The number of pyridine rings is 1. The van der Waals surface area contributed by atoms with Crippen LogP contribution in [0.25, 0.3) is 0 Å². The summed E-state index contributed by atoms with van der Waals surface area (Å²) < 4.78 is 24.5. The molecule has 0 bridgehead atoms. The number of rotatable bonds is 1. The zero-order valence-electron chi connectivity index (χ0n) is 5.57. The van der Waals surface area contributed by atoms with Gasteiger partial charge in [0, 0.05) is 6.20 Å². The lowest BCUT2D eigenvalue weighted by Crippen LogP contribution is -2.10. The molecule has 1 heterocycles. The monoisotopic (exact) mass is 305 g/mol. The van der Waals surface area contributed by atoms with Crippen molar-refractivity contribution in [2.45, 2.75) is 6.43 Å². The molecule has 1 aromatic heterocycles. The fourth-order valence-electron chi connectivity index (χ4n) is 0.656. The molecule has 66 valence electrons. The van der Waals surface area contributed by atoms with Gasteiger partial charge in [-0.2, -0.15) is 0 Å². The van der Waals surface area contributed by atoms with Crippen molar-refractivity contribution >= 4 is 34.2 Å². The van der Waals surface area contributed by atoms with Gasteiger partial charge in [-0.3, -0.25) is 4.79 Å². The summed E-state index contributed by atoms with van der Waals surface area (Å²) in [7, 11) is 0. The van der Waals surface area contributed by atoms with Crippen molar-refractivity contribution in [3.05, 3.63) is 30.7 Å². The van der Waals surface area contributed by atoms with Crippen LogP contribution in [0.15, 0.2) is 11.0 Å². The van der Waals surface area contributed by atoms with Crippen molar-refractivity contribution in [1.82, 2.24) is 4.98 Å². The van der Waals surface area contributed by atoms with E-state index in [4.69, 9.17) is 11.6 Å². The lowest BCUT2D eigenvalue weighted by atomic mass is 10.3. The molecule has 6 heteroatoms. The summed E-state index contributed by atoms with van der Waals surface area (Å²) in [6.45, 7) is 0. The van der Waals surface area contributed by atoms with Crippen molar-refractivity contribution in [1.29, 1.82) is 0 Å². The van der Waals surface area contributed by atoms with E-state index in [0.29, 0.717) is 3.57 Å². The second kappa shape index (κ2) is 3.69. The van der Waals surface area contributed by atoms with E-state index in [1.54, 1.807) is 22.6 Å². The van der Waals surface area contributed by atoms with Crippen LogP contribution in [0.1, 0.15) is 12.1 Å². The quantitative estimate of drug-likeness (QED) is 0.795. The lowest BCUT2D eigenvalue weighted by Gasteiger charge is -2.01. The first kappa shape index (κ1) is 9.91. The largest absolute Gasteiger partial charge is 0.358 e. The zero-order chi connectivity index (χ0) is 9.30. The molecule has 0 unspecified atom stereocenters. The summed E-state index contributed by atoms with van der Waals surface area (Å²) in [5.74, 6) is 0. The summed E-state index contributed by atoms with van der Waals surface area (Å²) in [4.78, 5) is 13.3. The van der Waals surface area contributed by atoms with Crippen molar-refractivity contribution in [2.75, 3.05) is 0 Å². The number of nitrogens with one attached hydrogen (secondary N) is 1. The Morgan fingerprint density at radius 3 is 2.67 bits per heavy atom. The van der Waals surface area contributed by atoms with Crippen LogP contribution in [0.4, 0.5) is 8.78 Å². The van der Waals surface area contributed by atoms with Gasteiger partial charge in [-0.15, -0.1) is 0 Å². The van der Waals surface area contributed by atoms with E-state index in [-0.39, 0.29) is 0 Å². The third-order valence-corrected chi connectivity index (χ3v) is 2.40. The molecule has 0 aliphatic heterocycles.